The van der Waals surface area contributed by atoms with Gasteiger partial charge in [-0.25, -0.2) is 0 Å². The molecule has 2 aromatic rings. The number of aryl methyl sites for hydroxylation is 1. The minimum atomic E-state index is -0.0560. The molecule has 1 aliphatic rings. The molecule has 1 amide bonds. The first-order valence-corrected chi connectivity index (χ1v) is 9.96. The van der Waals surface area contributed by atoms with Crippen LogP contribution < -0.4 is 5.32 Å². The first-order valence-electron chi connectivity index (χ1n) is 8.15. The molecule has 0 aliphatic heterocycles. The van der Waals surface area contributed by atoms with E-state index in [0.29, 0.717) is 22.4 Å². The van der Waals surface area contributed by atoms with Gasteiger partial charge in [-0.1, -0.05) is 32.5 Å². The number of rotatable bonds is 4. The Bertz CT molecular complexity index is 731. The van der Waals surface area contributed by atoms with Crippen LogP contribution in [0.25, 0.3) is 10.8 Å². The van der Waals surface area contributed by atoms with E-state index in [1.165, 1.54) is 28.6 Å². The molecule has 1 N–H and O–H groups in total. The minimum Gasteiger partial charge on any atom is -0.410 e. The summed E-state index contributed by atoms with van der Waals surface area (Å²) in [6.07, 6.45) is 3.50. The molecule has 0 aromatic carbocycles. The number of carbonyl (C=O) groups is 1. The summed E-state index contributed by atoms with van der Waals surface area (Å²) in [5, 5.41) is 11.2. The predicted octanol–water partition coefficient (Wildman–Crippen LogP) is 3.79. The highest BCUT2D eigenvalue weighted by Gasteiger charge is 2.30. The maximum atomic E-state index is 11.3. The SMILES string of the molecule is CNC(=O)CSc1nnc(-c2cc3c(s2)CCC(C(C)(C)C)C3)o1. The molecular weight excluding hydrogens is 342 g/mol. The molecule has 0 saturated heterocycles. The maximum Gasteiger partial charge on any atom is 0.277 e. The second-order valence-corrected chi connectivity index (χ2v) is 9.26. The minimum absolute atomic E-state index is 0.0560. The van der Waals surface area contributed by atoms with E-state index in [1.807, 2.05) is 0 Å². The lowest BCUT2D eigenvalue weighted by Crippen LogP contribution is -2.26. The highest BCUT2D eigenvalue weighted by Crippen LogP contribution is 2.42. The van der Waals surface area contributed by atoms with Crippen LogP contribution in [0.5, 0.6) is 0 Å². The average molecular weight is 366 g/mol. The summed E-state index contributed by atoms with van der Waals surface area (Å²) in [4.78, 5) is 13.8. The monoisotopic (exact) mass is 365 g/mol. The van der Waals surface area contributed by atoms with Crippen molar-refractivity contribution in [3.05, 3.63) is 16.5 Å². The summed E-state index contributed by atoms with van der Waals surface area (Å²) in [5.41, 5.74) is 1.77. The molecule has 2 aromatic heterocycles. The highest BCUT2D eigenvalue weighted by molar-refractivity contribution is 7.99. The topological polar surface area (TPSA) is 68.0 Å². The zero-order valence-electron chi connectivity index (χ0n) is 14.5. The Morgan fingerprint density at radius 2 is 2.25 bits per heavy atom. The molecule has 2 heterocycles. The molecule has 1 aliphatic carbocycles. The van der Waals surface area contributed by atoms with Gasteiger partial charge in [0.05, 0.1) is 10.6 Å². The smallest absolute Gasteiger partial charge is 0.277 e. The van der Waals surface area contributed by atoms with Crippen molar-refractivity contribution in [2.24, 2.45) is 11.3 Å². The molecule has 0 saturated carbocycles. The Morgan fingerprint density at radius 1 is 1.46 bits per heavy atom. The van der Waals surface area contributed by atoms with Gasteiger partial charge in [0, 0.05) is 11.9 Å². The van der Waals surface area contributed by atoms with Gasteiger partial charge in [-0.3, -0.25) is 4.79 Å². The summed E-state index contributed by atoms with van der Waals surface area (Å²) in [6.45, 7) is 6.97. The number of thioether (sulfide) groups is 1. The Hall–Kier alpha value is -1.34. The van der Waals surface area contributed by atoms with Crippen molar-refractivity contribution in [3.8, 4) is 10.8 Å². The molecule has 7 heteroatoms. The number of nitrogens with zero attached hydrogens (tertiary/aromatic N) is 2. The van der Waals surface area contributed by atoms with Gasteiger partial charge >= 0.3 is 0 Å². The third kappa shape index (κ3) is 3.83. The standard InChI is InChI=1S/C17H23N3O2S2/c1-17(2,3)11-5-6-12-10(7-11)8-13(24-12)15-19-20-16(22-15)23-9-14(21)18-4/h8,11H,5-7,9H2,1-4H3,(H,18,21). The maximum absolute atomic E-state index is 11.3. The molecule has 130 valence electrons. The van der Waals surface area contributed by atoms with Crippen molar-refractivity contribution < 1.29 is 9.21 Å². The summed E-state index contributed by atoms with van der Waals surface area (Å²) in [5.74, 6) is 1.50. The molecule has 1 atom stereocenters. The van der Waals surface area contributed by atoms with Gasteiger partial charge in [-0.15, -0.1) is 21.5 Å². The van der Waals surface area contributed by atoms with Crippen LogP contribution in [0.1, 0.15) is 37.6 Å². The molecule has 24 heavy (non-hydrogen) atoms. The summed E-state index contributed by atoms with van der Waals surface area (Å²) in [6, 6.07) is 2.21. The van der Waals surface area contributed by atoms with Crippen LogP contribution in [0.15, 0.2) is 15.7 Å². The van der Waals surface area contributed by atoms with Gasteiger partial charge < -0.3 is 9.73 Å². The van der Waals surface area contributed by atoms with Gasteiger partial charge in [0.2, 0.25) is 5.91 Å². The lowest BCUT2D eigenvalue weighted by molar-refractivity contribution is -0.118. The van der Waals surface area contributed by atoms with Crippen LogP contribution >= 0.6 is 23.1 Å². The number of hydrogen-bond donors (Lipinski definition) is 1. The van der Waals surface area contributed by atoms with E-state index < -0.39 is 0 Å². The van der Waals surface area contributed by atoms with Gasteiger partial charge in [-0.05, 0) is 42.2 Å². The van der Waals surface area contributed by atoms with Crippen LogP contribution in [0, 0.1) is 11.3 Å². The zero-order chi connectivity index (χ0) is 17.3. The summed E-state index contributed by atoms with van der Waals surface area (Å²) in [7, 11) is 1.61. The van der Waals surface area contributed by atoms with Crippen molar-refractivity contribution in [2.45, 2.75) is 45.3 Å². The number of aromatic nitrogens is 2. The van der Waals surface area contributed by atoms with Crippen LogP contribution in [0.4, 0.5) is 0 Å². The van der Waals surface area contributed by atoms with Crippen molar-refractivity contribution in [1.82, 2.24) is 15.5 Å². The normalized spacial score (nSPS) is 17.6. The molecule has 3 rings (SSSR count). The van der Waals surface area contributed by atoms with Gasteiger partial charge in [0.25, 0.3) is 11.1 Å². The van der Waals surface area contributed by atoms with Crippen LogP contribution in [0.2, 0.25) is 0 Å². The van der Waals surface area contributed by atoms with Crippen LogP contribution in [-0.2, 0) is 17.6 Å². The summed E-state index contributed by atoms with van der Waals surface area (Å²) >= 11 is 3.02. The zero-order valence-corrected chi connectivity index (χ0v) is 16.1. The van der Waals surface area contributed by atoms with E-state index in [0.717, 1.165) is 17.7 Å². The second kappa shape index (κ2) is 6.88. The number of amides is 1. The van der Waals surface area contributed by atoms with E-state index >= 15 is 0 Å². The van der Waals surface area contributed by atoms with Gasteiger partial charge in [-0.2, -0.15) is 0 Å². The number of fused-ring (bicyclic) bond motifs is 1. The van der Waals surface area contributed by atoms with Crippen LogP contribution in [0.3, 0.4) is 0 Å². The first kappa shape index (κ1) is 17.5. The van der Waals surface area contributed by atoms with Crippen molar-refractivity contribution in [3.63, 3.8) is 0 Å². The molecule has 0 spiro atoms. The van der Waals surface area contributed by atoms with Crippen molar-refractivity contribution in [1.29, 1.82) is 0 Å². The van der Waals surface area contributed by atoms with E-state index in [-0.39, 0.29) is 11.7 Å². The van der Waals surface area contributed by atoms with E-state index in [9.17, 15) is 4.79 Å². The van der Waals surface area contributed by atoms with Crippen molar-refractivity contribution in [2.75, 3.05) is 12.8 Å². The average Bonchev–Trinajstić information content (AvgIpc) is 3.17. The first-order chi connectivity index (χ1) is 11.4. The fourth-order valence-corrected chi connectivity index (χ4v) is 4.70. The Morgan fingerprint density at radius 3 is 2.96 bits per heavy atom. The fourth-order valence-electron chi connectivity index (χ4n) is 2.94. The number of nitrogens with one attached hydrogen (secondary N) is 1. The Balaban J connectivity index is 1.72. The Labute approximate surface area is 150 Å². The molecule has 0 bridgehead atoms. The number of thiophene rings is 1. The molecule has 5 nitrogen and oxygen atoms in total. The van der Waals surface area contributed by atoms with Crippen molar-refractivity contribution >= 4 is 29.0 Å². The number of hydrogen-bond acceptors (Lipinski definition) is 6. The van der Waals surface area contributed by atoms with Crippen LogP contribution in [-0.4, -0.2) is 28.9 Å². The molecule has 0 radical (unpaired) electrons. The lowest BCUT2D eigenvalue weighted by Gasteiger charge is -2.33. The van der Waals surface area contributed by atoms with E-state index in [4.69, 9.17) is 4.42 Å². The third-order valence-electron chi connectivity index (χ3n) is 4.53. The molecule has 1 unspecified atom stereocenters. The Kier molecular flexibility index (Phi) is 5.01. The molecular formula is C17H23N3O2S2. The van der Waals surface area contributed by atoms with E-state index in [2.05, 4.69) is 42.4 Å². The number of carbonyl (C=O) groups excluding carboxylic acids is 1. The second-order valence-electron chi connectivity index (χ2n) is 7.20. The largest absolute Gasteiger partial charge is 0.410 e. The predicted molar refractivity (Wildman–Crippen MR) is 97.4 cm³/mol. The lowest BCUT2D eigenvalue weighted by atomic mass is 9.72. The third-order valence-corrected chi connectivity index (χ3v) is 6.57. The highest BCUT2D eigenvalue weighted by atomic mass is 32.2. The van der Waals surface area contributed by atoms with E-state index in [1.54, 1.807) is 18.4 Å². The van der Waals surface area contributed by atoms with Gasteiger partial charge in [0.1, 0.15) is 0 Å². The summed E-state index contributed by atoms with van der Waals surface area (Å²) < 4.78 is 5.71. The molecule has 0 fully saturated rings. The van der Waals surface area contributed by atoms with Gasteiger partial charge in [0.15, 0.2) is 0 Å². The quantitative estimate of drug-likeness (QED) is 0.835. The fraction of sp³-hybridized carbons (Fsp3) is 0.588.